The highest BCUT2D eigenvalue weighted by atomic mass is 16.5. The van der Waals surface area contributed by atoms with Crippen LogP contribution in [-0.2, 0) is 4.79 Å². The molecule has 2 N–H and O–H groups in total. The zero-order valence-corrected chi connectivity index (χ0v) is 11.9. The predicted molar refractivity (Wildman–Crippen MR) is 80.5 cm³/mol. The van der Waals surface area contributed by atoms with Crippen molar-refractivity contribution in [3.05, 3.63) is 54.1 Å². The first-order valence-corrected chi connectivity index (χ1v) is 6.48. The Hall–Kier alpha value is -3.02. The number of carboxylic acid groups (broad SMARTS) is 1. The molecule has 0 saturated carbocycles. The Kier molecular flexibility index (Phi) is 4.98. The zero-order chi connectivity index (χ0) is 15.9. The van der Waals surface area contributed by atoms with Crippen molar-refractivity contribution < 1.29 is 24.2 Å². The molecule has 0 aliphatic carbocycles. The van der Waals surface area contributed by atoms with Gasteiger partial charge < -0.3 is 19.9 Å². The van der Waals surface area contributed by atoms with Gasteiger partial charge in [-0.2, -0.15) is 0 Å². The van der Waals surface area contributed by atoms with E-state index < -0.39 is 5.97 Å². The molecule has 0 aliphatic rings. The largest absolute Gasteiger partial charge is 0.497 e. The summed E-state index contributed by atoms with van der Waals surface area (Å²) in [5.41, 5.74) is 0.505. The number of hydrogen-bond donors (Lipinski definition) is 2. The average Bonchev–Trinajstić information content (AvgIpc) is 2.53. The van der Waals surface area contributed by atoms with Crippen molar-refractivity contribution in [2.45, 2.75) is 0 Å². The minimum absolute atomic E-state index is 0.103. The van der Waals surface area contributed by atoms with Crippen molar-refractivity contribution in [3.63, 3.8) is 0 Å². The zero-order valence-electron chi connectivity index (χ0n) is 11.9. The Morgan fingerprint density at radius 3 is 2.55 bits per heavy atom. The summed E-state index contributed by atoms with van der Waals surface area (Å²) < 4.78 is 10.4. The Balaban J connectivity index is 1.92. The first-order valence-electron chi connectivity index (χ1n) is 6.48. The smallest absolute Gasteiger partial charge is 0.335 e. The number of rotatable bonds is 6. The summed E-state index contributed by atoms with van der Waals surface area (Å²) in [7, 11) is 1.54. The molecular weight excluding hydrogens is 286 g/mol. The lowest BCUT2D eigenvalue weighted by Crippen LogP contribution is -2.20. The molecule has 114 valence electrons. The van der Waals surface area contributed by atoms with Crippen molar-refractivity contribution in [3.8, 4) is 11.5 Å². The van der Waals surface area contributed by atoms with E-state index in [1.807, 2.05) is 0 Å². The van der Waals surface area contributed by atoms with Crippen molar-refractivity contribution in [2.24, 2.45) is 0 Å². The summed E-state index contributed by atoms with van der Waals surface area (Å²) in [5.74, 6) is -0.296. The maximum atomic E-state index is 11.8. The summed E-state index contributed by atoms with van der Waals surface area (Å²) in [5, 5.41) is 11.5. The highest BCUT2D eigenvalue weighted by molar-refractivity contribution is 5.94. The van der Waals surface area contributed by atoms with Crippen LogP contribution in [0.4, 0.5) is 5.69 Å². The number of nitrogens with one attached hydrogen (secondary N) is 1. The van der Waals surface area contributed by atoms with Gasteiger partial charge in [-0.15, -0.1) is 0 Å². The van der Waals surface area contributed by atoms with Crippen LogP contribution in [0.25, 0.3) is 0 Å². The topological polar surface area (TPSA) is 84.9 Å². The van der Waals surface area contributed by atoms with Crippen molar-refractivity contribution in [1.29, 1.82) is 0 Å². The fraction of sp³-hybridized carbons (Fsp3) is 0.125. The van der Waals surface area contributed by atoms with Gasteiger partial charge in [0.25, 0.3) is 5.91 Å². The maximum absolute atomic E-state index is 11.8. The molecule has 0 aliphatic heterocycles. The minimum Gasteiger partial charge on any atom is -0.497 e. The van der Waals surface area contributed by atoms with Crippen LogP contribution in [-0.4, -0.2) is 30.7 Å². The van der Waals surface area contributed by atoms with E-state index in [9.17, 15) is 9.59 Å². The third kappa shape index (κ3) is 4.24. The molecule has 0 radical (unpaired) electrons. The monoisotopic (exact) mass is 301 g/mol. The standard InChI is InChI=1S/C16H15NO5/c1-21-13-6-3-7-14(9-13)22-10-15(18)17-12-5-2-4-11(8-12)16(19)20/h2-9H,10H2,1H3,(H,17,18)(H,19,20). The summed E-state index contributed by atoms with van der Waals surface area (Å²) in [6.45, 7) is -0.190. The van der Waals surface area contributed by atoms with E-state index >= 15 is 0 Å². The second kappa shape index (κ2) is 7.12. The summed E-state index contributed by atoms with van der Waals surface area (Å²) in [4.78, 5) is 22.7. The molecule has 0 spiro atoms. The van der Waals surface area contributed by atoms with Crippen LogP contribution in [0, 0.1) is 0 Å². The SMILES string of the molecule is COc1cccc(OCC(=O)Nc2cccc(C(=O)O)c2)c1. The van der Waals surface area contributed by atoms with Gasteiger partial charge in [0, 0.05) is 11.8 Å². The van der Waals surface area contributed by atoms with Gasteiger partial charge in [-0.1, -0.05) is 12.1 Å². The maximum Gasteiger partial charge on any atom is 0.335 e. The number of carboxylic acids is 1. The molecule has 0 unspecified atom stereocenters. The molecule has 1 amide bonds. The van der Waals surface area contributed by atoms with E-state index in [-0.39, 0.29) is 18.1 Å². The van der Waals surface area contributed by atoms with E-state index in [1.165, 1.54) is 12.1 Å². The Labute approximate surface area is 127 Å². The van der Waals surface area contributed by atoms with Crippen LogP contribution in [0.1, 0.15) is 10.4 Å². The minimum atomic E-state index is -1.05. The third-order valence-electron chi connectivity index (χ3n) is 2.80. The third-order valence-corrected chi connectivity index (χ3v) is 2.80. The molecule has 0 bridgehead atoms. The molecule has 6 heteroatoms. The molecule has 0 heterocycles. The molecular formula is C16H15NO5. The van der Waals surface area contributed by atoms with Gasteiger partial charge in [0.15, 0.2) is 6.61 Å². The number of anilines is 1. The molecule has 2 aromatic carbocycles. The van der Waals surface area contributed by atoms with Gasteiger partial charge in [-0.25, -0.2) is 4.79 Å². The van der Waals surface area contributed by atoms with E-state index in [2.05, 4.69) is 5.32 Å². The molecule has 22 heavy (non-hydrogen) atoms. The molecule has 0 atom stereocenters. The van der Waals surface area contributed by atoms with E-state index in [0.717, 1.165) is 0 Å². The molecule has 6 nitrogen and oxygen atoms in total. The molecule has 0 saturated heterocycles. The Bertz CT molecular complexity index is 684. The van der Waals surface area contributed by atoms with Crippen LogP contribution < -0.4 is 14.8 Å². The number of hydrogen-bond acceptors (Lipinski definition) is 4. The summed E-state index contributed by atoms with van der Waals surface area (Å²) >= 11 is 0. The normalized spacial score (nSPS) is 9.86. The number of aromatic carboxylic acids is 1. The van der Waals surface area contributed by atoms with E-state index in [4.69, 9.17) is 14.6 Å². The quantitative estimate of drug-likeness (QED) is 0.856. The van der Waals surface area contributed by atoms with Crippen molar-refractivity contribution in [2.75, 3.05) is 19.0 Å². The van der Waals surface area contributed by atoms with Crippen LogP contribution in [0.15, 0.2) is 48.5 Å². The van der Waals surface area contributed by atoms with Gasteiger partial charge in [0.05, 0.1) is 12.7 Å². The fourth-order valence-corrected chi connectivity index (χ4v) is 1.77. The van der Waals surface area contributed by atoms with E-state index in [1.54, 1.807) is 43.5 Å². The lowest BCUT2D eigenvalue weighted by molar-refractivity contribution is -0.118. The highest BCUT2D eigenvalue weighted by Gasteiger charge is 2.07. The van der Waals surface area contributed by atoms with Crippen LogP contribution >= 0.6 is 0 Å². The lowest BCUT2D eigenvalue weighted by Gasteiger charge is -2.09. The van der Waals surface area contributed by atoms with Gasteiger partial charge in [-0.05, 0) is 30.3 Å². The molecule has 0 aromatic heterocycles. The number of carbonyl (C=O) groups excluding carboxylic acids is 1. The van der Waals surface area contributed by atoms with Gasteiger partial charge in [-0.3, -0.25) is 4.79 Å². The van der Waals surface area contributed by atoms with Crippen LogP contribution in [0.2, 0.25) is 0 Å². The molecule has 0 fully saturated rings. The fourth-order valence-electron chi connectivity index (χ4n) is 1.77. The van der Waals surface area contributed by atoms with Crippen LogP contribution in [0.3, 0.4) is 0 Å². The summed E-state index contributed by atoms with van der Waals surface area (Å²) in [6.07, 6.45) is 0. The van der Waals surface area contributed by atoms with E-state index in [0.29, 0.717) is 17.2 Å². The number of carbonyl (C=O) groups is 2. The Morgan fingerprint density at radius 2 is 1.82 bits per heavy atom. The second-order valence-corrected chi connectivity index (χ2v) is 4.40. The first kappa shape index (κ1) is 15.4. The van der Waals surface area contributed by atoms with Crippen LogP contribution in [0.5, 0.6) is 11.5 Å². The molecule has 2 rings (SSSR count). The first-order chi connectivity index (χ1) is 10.6. The van der Waals surface area contributed by atoms with Gasteiger partial charge in [0.1, 0.15) is 11.5 Å². The van der Waals surface area contributed by atoms with Gasteiger partial charge in [0.2, 0.25) is 0 Å². The number of benzene rings is 2. The summed E-state index contributed by atoms with van der Waals surface area (Å²) in [6, 6.07) is 12.9. The lowest BCUT2D eigenvalue weighted by atomic mass is 10.2. The van der Waals surface area contributed by atoms with Gasteiger partial charge >= 0.3 is 5.97 Å². The second-order valence-electron chi connectivity index (χ2n) is 4.40. The predicted octanol–water partition coefficient (Wildman–Crippen LogP) is 2.41. The van der Waals surface area contributed by atoms with Crippen molar-refractivity contribution >= 4 is 17.6 Å². The van der Waals surface area contributed by atoms with Crippen molar-refractivity contribution in [1.82, 2.24) is 0 Å². The number of methoxy groups -OCH3 is 1. The highest BCUT2D eigenvalue weighted by Crippen LogP contribution is 2.18. The number of ether oxygens (including phenoxy) is 2. The Morgan fingerprint density at radius 1 is 1.09 bits per heavy atom. The number of amides is 1. The molecule has 2 aromatic rings. The average molecular weight is 301 g/mol.